The fourth-order valence-electron chi connectivity index (χ4n) is 8.68. The quantitative estimate of drug-likeness (QED) is 0.631. The molecule has 2 nitrogen and oxygen atoms in total. The Morgan fingerprint density at radius 1 is 1.12 bits per heavy atom. The van der Waals surface area contributed by atoms with Crippen LogP contribution in [0.25, 0.3) is 0 Å². The Balaban J connectivity index is 1.44. The Morgan fingerprint density at radius 3 is 2.64 bits per heavy atom. The van der Waals surface area contributed by atoms with Crippen molar-refractivity contribution in [3.8, 4) is 6.07 Å². The summed E-state index contributed by atoms with van der Waals surface area (Å²) in [5.74, 6) is 4.97. The Kier molecular flexibility index (Phi) is 2.54. The summed E-state index contributed by atoms with van der Waals surface area (Å²) in [7, 11) is 0. The van der Waals surface area contributed by atoms with Crippen LogP contribution in [0.15, 0.2) is 11.6 Å². The molecule has 0 saturated heterocycles. The maximum Gasteiger partial charge on any atom is 0.155 e. The van der Waals surface area contributed by atoms with Crippen LogP contribution in [0.2, 0.25) is 0 Å². The van der Waals surface area contributed by atoms with E-state index in [1.807, 2.05) is 0 Å². The van der Waals surface area contributed by atoms with Crippen LogP contribution in [0.1, 0.15) is 65.2 Å². The first kappa shape index (κ1) is 15.0. The normalized spacial score (nSPS) is 56.8. The van der Waals surface area contributed by atoms with E-state index >= 15 is 0 Å². The van der Waals surface area contributed by atoms with Gasteiger partial charge in [0.15, 0.2) is 5.78 Å². The predicted molar refractivity (Wildman–Crippen MR) is 95.2 cm³/mol. The number of nitriles is 1. The van der Waals surface area contributed by atoms with E-state index in [-0.39, 0.29) is 10.8 Å². The first-order valence-electron chi connectivity index (χ1n) is 10.6. The highest BCUT2D eigenvalue weighted by molar-refractivity contribution is 5.91. The first-order chi connectivity index (χ1) is 11.9. The Morgan fingerprint density at radius 2 is 1.92 bits per heavy atom. The van der Waals surface area contributed by atoms with E-state index in [9.17, 15) is 10.1 Å². The molecule has 132 valence electrons. The van der Waals surface area contributed by atoms with Gasteiger partial charge in [0, 0.05) is 6.42 Å². The molecule has 0 N–H and O–H groups in total. The van der Waals surface area contributed by atoms with Gasteiger partial charge >= 0.3 is 0 Å². The minimum absolute atomic E-state index is 0.0946. The first-order valence-corrected chi connectivity index (χ1v) is 10.6. The molecule has 2 heteroatoms. The van der Waals surface area contributed by atoms with Gasteiger partial charge < -0.3 is 0 Å². The van der Waals surface area contributed by atoms with E-state index in [0.717, 1.165) is 36.5 Å². The summed E-state index contributed by atoms with van der Waals surface area (Å²) in [4.78, 5) is 12.1. The van der Waals surface area contributed by atoms with Crippen molar-refractivity contribution in [1.82, 2.24) is 0 Å². The van der Waals surface area contributed by atoms with Crippen LogP contribution in [-0.2, 0) is 4.79 Å². The van der Waals surface area contributed by atoms with Crippen molar-refractivity contribution in [2.45, 2.75) is 65.2 Å². The van der Waals surface area contributed by atoms with E-state index in [2.05, 4.69) is 26.0 Å². The number of fused-ring (bicyclic) bond motifs is 8. The molecule has 25 heavy (non-hydrogen) atoms. The van der Waals surface area contributed by atoms with Crippen LogP contribution >= 0.6 is 0 Å². The topological polar surface area (TPSA) is 40.9 Å². The highest BCUT2D eigenvalue weighted by Crippen LogP contribution is 2.80. The van der Waals surface area contributed by atoms with Gasteiger partial charge in [-0.1, -0.05) is 12.5 Å². The summed E-state index contributed by atoms with van der Waals surface area (Å²) >= 11 is 0. The minimum atomic E-state index is -0.0946. The number of ketones is 1. The van der Waals surface area contributed by atoms with Gasteiger partial charge in [-0.2, -0.15) is 5.26 Å². The van der Waals surface area contributed by atoms with Crippen LogP contribution < -0.4 is 0 Å². The maximum absolute atomic E-state index is 12.1. The summed E-state index contributed by atoms with van der Waals surface area (Å²) in [5.41, 5.74) is 2.11. The van der Waals surface area contributed by atoms with Gasteiger partial charge in [0.2, 0.25) is 0 Å². The lowest BCUT2D eigenvalue weighted by molar-refractivity contribution is -0.116. The summed E-state index contributed by atoms with van der Waals surface area (Å²) in [5, 5.41) is 10.1. The van der Waals surface area contributed by atoms with Crippen molar-refractivity contribution in [1.29, 1.82) is 5.26 Å². The van der Waals surface area contributed by atoms with Crippen LogP contribution in [-0.4, -0.2) is 5.78 Å². The lowest BCUT2D eigenvalue weighted by Crippen LogP contribution is -2.52. The Bertz CT molecular complexity index is 755. The molecule has 0 aromatic heterocycles. The SMILES string of the molecule is C[C@]1(C#N)[C@H]2C[C@H]2[C@H]2[C@@H]3CC4(CC4)C4=CC(=O)CC[C@@H]4[C@H]3CC[C@@]21C. The summed E-state index contributed by atoms with van der Waals surface area (Å²) in [6, 6.07) is 2.81. The van der Waals surface area contributed by atoms with Crippen molar-refractivity contribution in [2.24, 2.45) is 51.8 Å². The number of hydrogen-bond donors (Lipinski definition) is 0. The number of carbonyl (C=O) groups excluding carboxylic acids is 1. The third-order valence-electron chi connectivity index (χ3n) is 10.2. The number of hydrogen-bond acceptors (Lipinski definition) is 2. The predicted octanol–water partition coefficient (Wildman–Crippen LogP) is 4.90. The molecule has 0 aliphatic heterocycles. The van der Waals surface area contributed by atoms with Gasteiger partial charge in [-0.3, -0.25) is 4.79 Å². The number of nitrogens with zero attached hydrogens (tertiary/aromatic N) is 1. The average Bonchev–Trinajstić information content (AvgIpc) is 3.50. The maximum atomic E-state index is 12.1. The molecule has 6 aliphatic carbocycles. The standard InChI is InChI=1S/C23H29NO/c1-21-6-5-14-15-4-3-13(25)9-19(15)23(7-8-23)11-17(14)20(21)16-10-18(16)22(21,2)12-24/h9,14-18,20H,3-8,10-11H2,1-2H3/t14-,15-,16-,17-,18+,20+,21+,22+/m1/s1. The molecular weight excluding hydrogens is 306 g/mol. The van der Waals surface area contributed by atoms with E-state index in [0.29, 0.717) is 23.0 Å². The molecule has 0 unspecified atom stereocenters. The zero-order chi connectivity index (χ0) is 17.2. The van der Waals surface area contributed by atoms with Crippen LogP contribution in [0.4, 0.5) is 0 Å². The summed E-state index contributed by atoms with van der Waals surface area (Å²) < 4.78 is 0. The molecule has 6 aliphatic rings. The molecule has 0 radical (unpaired) electrons. The molecule has 0 heterocycles. The van der Waals surface area contributed by atoms with Gasteiger partial charge in [0.1, 0.15) is 0 Å². The van der Waals surface area contributed by atoms with Gasteiger partial charge in [0.25, 0.3) is 0 Å². The second-order valence-corrected chi connectivity index (χ2v) is 10.8. The number of rotatable bonds is 0. The van der Waals surface area contributed by atoms with E-state index in [1.54, 1.807) is 5.57 Å². The highest BCUT2D eigenvalue weighted by atomic mass is 16.1. The number of allylic oxidation sites excluding steroid dienone is 1. The second kappa shape index (κ2) is 4.24. The smallest absolute Gasteiger partial charge is 0.155 e. The third-order valence-corrected chi connectivity index (χ3v) is 10.2. The van der Waals surface area contributed by atoms with Crippen molar-refractivity contribution >= 4 is 5.78 Å². The van der Waals surface area contributed by atoms with Gasteiger partial charge in [-0.25, -0.2) is 0 Å². The second-order valence-electron chi connectivity index (χ2n) is 10.8. The molecule has 5 saturated carbocycles. The van der Waals surface area contributed by atoms with E-state index < -0.39 is 0 Å². The van der Waals surface area contributed by atoms with Crippen LogP contribution in [0, 0.1) is 63.1 Å². The van der Waals surface area contributed by atoms with Gasteiger partial charge in [-0.15, -0.1) is 0 Å². The third kappa shape index (κ3) is 1.57. The molecule has 0 aromatic rings. The molecule has 0 amide bonds. The molecular formula is C23H29NO. The lowest BCUT2D eigenvalue weighted by atomic mass is 9.46. The molecule has 8 atom stereocenters. The van der Waals surface area contributed by atoms with E-state index in [1.165, 1.54) is 38.5 Å². The highest BCUT2D eigenvalue weighted by Gasteiger charge is 2.75. The molecule has 0 aromatic carbocycles. The van der Waals surface area contributed by atoms with Gasteiger partial charge in [0.05, 0.1) is 11.5 Å². The molecule has 0 bridgehead atoms. The molecule has 1 spiro atoms. The van der Waals surface area contributed by atoms with E-state index in [4.69, 9.17) is 0 Å². The van der Waals surface area contributed by atoms with Crippen molar-refractivity contribution in [3.05, 3.63) is 11.6 Å². The van der Waals surface area contributed by atoms with Crippen LogP contribution in [0.3, 0.4) is 0 Å². The molecule has 5 fully saturated rings. The summed E-state index contributed by atoms with van der Waals surface area (Å²) in [6.07, 6.45) is 11.8. The van der Waals surface area contributed by atoms with Crippen molar-refractivity contribution in [3.63, 3.8) is 0 Å². The Hall–Kier alpha value is -1.10. The van der Waals surface area contributed by atoms with Gasteiger partial charge in [-0.05, 0) is 104 Å². The van der Waals surface area contributed by atoms with Crippen molar-refractivity contribution < 1.29 is 4.79 Å². The number of carbonyl (C=O) groups is 1. The lowest BCUT2D eigenvalue weighted by Gasteiger charge is -2.58. The Labute approximate surface area is 151 Å². The monoisotopic (exact) mass is 335 g/mol. The zero-order valence-electron chi connectivity index (χ0n) is 15.6. The summed E-state index contributed by atoms with van der Waals surface area (Å²) in [6.45, 7) is 4.76. The fraction of sp³-hybridized carbons (Fsp3) is 0.826. The zero-order valence-corrected chi connectivity index (χ0v) is 15.6. The van der Waals surface area contributed by atoms with Crippen LogP contribution in [0.5, 0.6) is 0 Å². The molecule has 6 rings (SSSR count). The fourth-order valence-corrected chi connectivity index (χ4v) is 8.68. The largest absolute Gasteiger partial charge is 0.295 e. The average molecular weight is 335 g/mol. The minimum Gasteiger partial charge on any atom is -0.295 e. The van der Waals surface area contributed by atoms with Crippen molar-refractivity contribution in [2.75, 3.05) is 0 Å².